The fraction of sp³-hybridized carbons (Fsp3) is 0.652. The Morgan fingerprint density at radius 3 is 2.74 bits per heavy atom. The van der Waals surface area contributed by atoms with Crippen LogP contribution in [0.3, 0.4) is 0 Å². The number of carbonyl (C=O) groups excluding carboxylic acids is 1. The third-order valence-corrected chi connectivity index (χ3v) is 6.34. The second-order valence-electron chi connectivity index (χ2n) is 8.30. The van der Waals surface area contributed by atoms with Crippen LogP contribution in [0.1, 0.15) is 31.7 Å². The number of hydrogen-bond donors (Lipinski definition) is 1. The molecule has 1 N–H and O–H groups in total. The molecule has 0 bridgehead atoms. The third kappa shape index (κ3) is 6.41. The minimum absolute atomic E-state index is 0.0521. The first-order chi connectivity index (χ1) is 15.1. The van der Waals surface area contributed by atoms with Crippen molar-refractivity contribution in [2.45, 2.75) is 44.8 Å². The minimum atomic E-state index is -0.250. The molecule has 0 spiro atoms. The van der Waals surface area contributed by atoms with Gasteiger partial charge < -0.3 is 19.5 Å². The lowest BCUT2D eigenvalue weighted by molar-refractivity contribution is -0.143. The van der Waals surface area contributed by atoms with Crippen molar-refractivity contribution in [3.63, 3.8) is 0 Å². The van der Waals surface area contributed by atoms with Crippen LogP contribution < -0.4 is 4.74 Å². The number of hydrogen-bond acceptors (Lipinski definition) is 6. The van der Waals surface area contributed by atoms with Gasteiger partial charge in [-0.15, -0.1) is 0 Å². The molecule has 3 heterocycles. The van der Waals surface area contributed by atoms with Crippen LogP contribution in [0.25, 0.3) is 0 Å². The molecule has 4 rings (SSSR count). The van der Waals surface area contributed by atoms with E-state index in [9.17, 15) is 4.79 Å². The summed E-state index contributed by atoms with van der Waals surface area (Å²) in [4.78, 5) is 27.9. The van der Waals surface area contributed by atoms with Gasteiger partial charge in [-0.05, 0) is 32.3 Å². The number of benzene rings is 1. The van der Waals surface area contributed by atoms with E-state index in [4.69, 9.17) is 19.4 Å². The predicted molar refractivity (Wildman–Crippen MR) is 117 cm³/mol. The molecule has 172 valence electrons. The summed E-state index contributed by atoms with van der Waals surface area (Å²) in [5, 5.41) is 6.89. The summed E-state index contributed by atoms with van der Waals surface area (Å²) in [5.74, 6) is 1.25. The van der Waals surface area contributed by atoms with Crippen LogP contribution in [0.2, 0.25) is 0 Å². The van der Waals surface area contributed by atoms with Gasteiger partial charge in [0.25, 0.3) is 6.47 Å². The Kier molecular flexibility index (Phi) is 9.12. The molecule has 2 atom stereocenters. The standard InChI is InChI=1S/C22H33N3O3.CH2O2/c1-18-22(26)25-10-4-7-20(25)17-24(18)16-19-6-2-3-8-21(19)28-13-5-9-23-11-14-27-15-12-23;2-1-3/h2-3,6,8,18,20H,4-5,7,9-17H2,1H3;1H,(H,2,3)/t18-,20+;/m1./s1. The first-order valence-electron chi connectivity index (χ1n) is 11.3. The van der Waals surface area contributed by atoms with E-state index in [2.05, 4.69) is 32.9 Å². The summed E-state index contributed by atoms with van der Waals surface area (Å²) in [6.07, 6.45) is 3.29. The lowest BCUT2D eigenvalue weighted by atomic mass is 10.1. The number of carbonyl (C=O) groups is 2. The molecule has 0 aromatic heterocycles. The number of carboxylic acid groups (broad SMARTS) is 1. The summed E-state index contributed by atoms with van der Waals surface area (Å²) in [7, 11) is 0. The van der Waals surface area contributed by atoms with Crippen molar-refractivity contribution in [1.82, 2.24) is 14.7 Å². The normalized spacial score (nSPS) is 24.3. The summed E-state index contributed by atoms with van der Waals surface area (Å²) < 4.78 is 11.5. The number of ether oxygens (including phenoxy) is 2. The highest BCUT2D eigenvalue weighted by Gasteiger charge is 2.40. The quantitative estimate of drug-likeness (QED) is 0.518. The number of nitrogens with zero attached hydrogens (tertiary/aromatic N) is 3. The number of fused-ring (bicyclic) bond motifs is 1. The van der Waals surface area contributed by atoms with Gasteiger partial charge in [0.15, 0.2) is 0 Å². The second kappa shape index (κ2) is 12.0. The zero-order chi connectivity index (χ0) is 22.1. The molecule has 3 aliphatic rings. The van der Waals surface area contributed by atoms with Gasteiger partial charge >= 0.3 is 0 Å². The Hall–Kier alpha value is -2.16. The Balaban J connectivity index is 0.000000858. The average molecular weight is 434 g/mol. The summed E-state index contributed by atoms with van der Waals surface area (Å²) >= 11 is 0. The largest absolute Gasteiger partial charge is 0.493 e. The smallest absolute Gasteiger partial charge is 0.290 e. The van der Waals surface area contributed by atoms with Gasteiger partial charge in [-0.25, -0.2) is 0 Å². The zero-order valence-corrected chi connectivity index (χ0v) is 18.4. The van der Waals surface area contributed by atoms with Crippen LogP contribution in [0.5, 0.6) is 5.75 Å². The third-order valence-electron chi connectivity index (χ3n) is 6.34. The van der Waals surface area contributed by atoms with Crippen molar-refractivity contribution < 1.29 is 24.2 Å². The van der Waals surface area contributed by atoms with Crippen LogP contribution in [0, 0.1) is 0 Å². The predicted octanol–water partition coefficient (Wildman–Crippen LogP) is 1.68. The van der Waals surface area contributed by atoms with Crippen molar-refractivity contribution in [3.8, 4) is 5.75 Å². The van der Waals surface area contributed by atoms with Crippen LogP contribution in [0.15, 0.2) is 24.3 Å². The molecule has 1 aromatic rings. The van der Waals surface area contributed by atoms with Crippen LogP contribution >= 0.6 is 0 Å². The fourth-order valence-electron chi connectivity index (χ4n) is 4.63. The monoisotopic (exact) mass is 433 g/mol. The van der Waals surface area contributed by atoms with E-state index in [-0.39, 0.29) is 18.4 Å². The first-order valence-corrected chi connectivity index (χ1v) is 11.3. The van der Waals surface area contributed by atoms with E-state index in [1.165, 1.54) is 5.56 Å². The van der Waals surface area contributed by atoms with Crippen molar-refractivity contribution in [2.75, 3.05) is 52.5 Å². The average Bonchev–Trinajstić information content (AvgIpc) is 3.26. The maximum atomic E-state index is 12.7. The fourth-order valence-corrected chi connectivity index (χ4v) is 4.63. The Morgan fingerprint density at radius 1 is 1.23 bits per heavy atom. The lowest BCUT2D eigenvalue weighted by Gasteiger charge is -2.41. The molecule has 1 amide bonds. The van der Waals surface area contributed by atoms with Gasteiger partial charge in [0, 0.05) is 50.9 Å². The Bertz CT molecular complexity index is 710. The van der Waals surface area contributed by atoms with Crippen molar-refractivity contribution >= 4 is 12.4 Å². The molecule has 0 aliphatic carbocycles. The molecule has 3 fully saturated rings. The summed E-state index contributed by atoms with van der Waals surface area (Å²) in [6, 6.07) is 8.63. The molecule has 8 nitrogen and oxygen atoms in total. The van der Waals surface area contributed by atoms with Gasteiger partial charge in [-0.1, -0.05) is 18.2 Å². The minimum Gasteiger partial charge on any atom is -0.493 e. The molecule has 8 heteroatoms. The van der Waals surface area contributed by atoms with E-state index >= 15 is 0 Å². The second-order valence-corrected chi connectivity index (χ2v) is 8.30. The lowest BCUT2D eigenvalue weighted by Crippen LogP contribution is -2.58. The molecule has 31 heavy (non-hydrogen) atoms. The zero-order valence-electron chi connectivity index (χ0n) is 18.4. The van der Waals surface area contributed by atoms with E-state index in [1.807, 2.05) is 13.0 Å². The number of morpholine rings is 1. The molecule has 3 aliphatic heterocycles. The van der Waals surface area contributed by atoms with Gasteiger partial charge in [0.1, 0.15) is 5.75 Å². The molecular weight excluding hydrogens is 398 g/mol. The van der Waals surface area contributed by atoms with E-state index in [0.717, 1.165) is 84.1 Å². The molecule has 0 radical (unpaired) electrons. The van der Waals surface area contributed by atoms with E-state index in [1.54, 1.807) is 0 Å². The molecule has 3 saturated heterocycles. The summed E-state index contributed by atoms with van der Waals surface area (Å²) in [5.41, 5.74) is 1.18. The Labute approximate surface area is 184 Å². The topological polar surface area (TPSA) is 82.5 Å². The maximum absolute atomic E-state index is 12.7. The molecule has 0 unspecified atom stereocenters. The van der Waals surface area contributed by atoms with Gasteiger partial charge in [-0.2, -0.15) is 0 Å². The molecular formula is C23H35N3O5. The van der Waals surface area contributed by atoms with Crippen LogP contribution in [-0.4, -0.2) is 96.8 Å². The number of amides is 1. The number of para-hydroxylation sites is 1. The SMILES string of the molecule is C[C@@H]1C(=O)N2CCC[C@H]2CN1Cc1ccccc1OCCCN1CCOCC1.O=CO. The van der Waals surface area contributed by atoms with Crippen molar-refractivity contribution in [2.24, 2.45) is 0 Å². The number of piperazine rings is 1. The maximum Gasteiger partial charge on any atom is 0.290 e. The first kappa shape index (κ1) is 23.5. The number of rotatable bonds is 7. The van der Waals surface area contributed by atoms with E-state index in [0.29, 0.717) is 6.04 Å². The Morgan fingerprint density at radius 2 is 1.97 bits per heavy atom. The highest BCUT2D eigenvalue weighted by Crippen LogP contribution is 2.28. The highest BCUT2D eigenvalue weighted by atomic mass is 16.5. The van der Waals surface area contributed by atoms with Crippen molar-refractivity contribution in [1.29, 1.82) is 0 Å². The van der Waals surface area contributed by atoms with Crippen molar-refractivity contribution in [3.05, 3.63) is 29.8 Å². The molecule has 0 saturated carbocycles. The van der Waals surface area contributed by atoms with Crippen LogP contribution in [0.4, 0.5) is 0 Å². The highest BCUT2D eigenvalue weighted by molar-refractivity contribution is 5.83. The van der Waals surface area contributed by atoms with Crippen LogP contribution in [-0.2, 0) is 20.9 Å². The summed E-state index contributed by atoms with van der Waals surface area (Å²) in [6.45, 7) is 9.98. The van der Waals surface area contributed by atoms with Gasteiger partial charge in [0.2, 0.25) is 5.91 Å². The molecule has 1 aromatic carbocycles. The van der Waals surface area contributed by atoms with E-state index < -0.39 is 0 Å². The van der Waals surface area contributed by atoms with Gasteiger partial charge in [0.05, 0.1) is 25.9 Å². The van der Waals surface area contributed by atoms with Gasteiger partial charge in [-0.3, -0.25) is 19.4 Å².